The first kappa shape index (κ1) is 27.4. The normalized spacial score (nSPS) is 14.1. The number of aryl methyl sites for hydroxylation is 3. The Balaban J connectivity index is 0.00000342. The van der Waals surface area contributed by atoms with Gasteiger partial charge in [-0.1, -0.05) is 35.1 Å². The summed E-state index contributed by atoms with van der Waals surface area (Å²) in [5.41, 5.74) is 5.51. The molecule has 0 spiro atoms. The van der Waals surface area contributed by atoms with Crippen molar-refractivity contribution in [2.45, 2.75) is 40.5 Å². The number of rotatable bonds is 9. The van der Waals surface area contributed by atoms with Crippen LogP contribution in [0.5, 0.6) is 5.75 Å². The Morgan fingerprint density at radius 2 is 1.89 bits per heavy atom. The molecule has 1 aliphatic rings. The minimum Gasteiger partial charge on any atom is -0.492 e. The van der Waals surface area contributed by atoms with Gasteiger partial charge in [-0.2, -0.15) is 0 Å². The third-order valence-corrected chi connectivity index (χ3v) is 7.37. The summed E-state index contributed by atoms with van der Waals surface area (Å²) in [7, 11) is 0. The lowest BCUT2D eigenvalue weighted by molar-refractivity contribution is -0.118. The zero-order valence-corrected chi connectivity index (χ0v) is 22.8. The van der Waals surface area contributed by atoms with Crippen LogP contribution in [-0.4, -0.2) is 61.8 Å². The number of amides is 1. The number of hydrogen-bond acceptors (Lipinski definition) is 6. The minimum absolute atomic E-state index is 0. The zero-order valence-electron chi connectivity index (χ0n) is 21.1. The fourth-order valence-corrected chi connectivity index (χ4v) is 5.67. The largest absolute Gasteiger partial charge is 0.492 e. The first-order valence-electron chi connectivity index (χ1n) is 12.2. The second kappa shape index (κ2) is 12.7. The lowest BCUT2D eigenvalue weighted by Gasteiger charge is -2.28. The maximum absolute atomic E-state index is 13.7. The number of anilines is 1. The van der Waals surface area contributed by atoms with E-state index in [9.17, 15) is 4.79 Å². The summed E-state index contributed by atoms with van der Waals surface area (Å²) >= 11 is 1.56. The average molecular weight is 518 g/mol. The van der Waals surface area contributed by atoms with Crippen LogP contribution in [0, 0.1) is 20.8 Å². The van der Waals surface area contributed by atoms with Crippen molar-refractivity contribution in [3.63, 3.8) is 0 Å². The highest BCUT2D eigenvalue weighted by Gasteiger charge is 2.23. The van der Waals surface area contributed by atoms with Crippen molar-refractivity contribution in [1.29, 1.82) is 0 Å². The molecule has 2 heterocycles. The van der Waals surface area contributed by atoms with Gasteiger partial charge in [0.1, 0.15) is 11.3 Å². The Morgan fingerprint density at radius 3 is 2.57 bits per heavy atom. The molecule has 8 heteroatoms. The number of halogens is 1. The van der Waals surface area contributed by atoms with Gasteiger partial charge in [-0.15, -0.1) is 12.4 Å². The lowest BCUT2D eigenvalue weighted by atomic mass is 9.97. The van der Waals surface area contributed by atoms with Crippen LogP contribution in [0.4, 0.5) is 5.13 Å². The standard InChI is InChI=1S/C27H35N3O3S.ClH/c1-5-33-23-8-6-9-24-26(23)28-27(34-24)30(11-7-10-29-12-14-32-15-13-29)25(31)18-22-20(3)16-19(2)17-21(22)4;/h6,8-9,16-17H,5,7,10-15,18H2,1-4H3;1H. The molecule has 1 aromatic heterocycles. The second-order valence-electron chi connectivity index (χ2n) is 8.94. The summed E-state index contributed by atoms with van der Waals surface area (Å²) in [6.07, 6.45) is 1.27. The van der Waals surface area contributed by atoms with E-state index >= 15 is 0 Å². The minimum atomic E-state index is 0. The van der Waals surface area contributed by atoms with Crippen LogP contribution in [0.15, 0.2) is 30.3 Å². The highest BCUT2D eigenvalue weighted by molar-refractivity contribution is 7.22. The molecule has 190 valence electrons. The van der Waals surface area contributed by atoms with Gasteiger partial charge in [0.15, 0.2) is 5.13 Å². The third kappa shape index (κ3) is 6.73. The molecule has 3 aromatic rings. The van der Waals surface area contributed by atoms with E-state index in [0.717, 1.165) is 65.9 Å². The molecule has 1 amide bonds. The van der Waals surface area contributed by atoms with Crippen LogP contribution in [-0.2, 0) is 16.0 Å². The first-order valence-corrected chi connectivity index (χ1v) is 13.0. The molecule has 0 unspecified atom stereocenters. The van der Waals surface area contributed by atoms with Crippen LogP contribution >= 0.6 is 23.7 Å². The topological polar surface area (TPSA) is 54.9 Å². The molecule has 0 atom stereocenters. The number of ether oxygens (including phenoxy) is 2. The molecule has 1 saturated heterocycles. The Hall–Kier alpha value is -2.19. The molecule has 1 aliphatic heterocycles. The number of morpholine rings is 1. The van der Waals surface area contributed by atoms with Crippen molar-refractivity contribution in [3.05, 3.63) is 52.6 Å². The number of carbonyl (C=O) groups is 1. The Kier molecular flexibility index (Phi) is 9.92. The van der Waals surface area contributed by atoms with Crippen molar-refractivity contribution in [2.75, 3.05) is 50.9 Å². The SMILES string of the molecule is CCOc1cccc2sc(N(CCCN3CCOCC3)C(=O)Cc3c(C)cc(C)cc3C)nc12.Cl. The number of fused-ring (bicyclic) bond motifs is 1. The summed E-state index contributed by atoms with van der Waals surface area (Å²) in [5.74, 6) is 0.863. The fourth-order valence-electron chi connectivity index (χ4n) is 4.64. The predicted molar refractivity (Wildman–Crippen MR) is 147 cm³/mol. The third-order valence-electron chi connectivity index (χ3n) is 6.33. The van der Waals surface area contributed by atoms with E-state index in [0.29, 0.717) is 19.6 Å². The highest BCUT2D eigenvalue weighted by atomic mass is 35.5. The maximum atomic E-state index is 13.7. The maximum Gasteiger partial charge on any atom is 0.233 e. The highest BCUT2D eigenvalue weighted by Crippen LogP contribution is 2.35. The predicted octanol–water partition coefficient (Wildman–Crippen LogP) is 5.34. The monoisotopic (exact) mass is 517 g/mol. The van der Waals surface area contributed by atoms with E-state index in [-0.39, 0.29) is 18.3 Å². The number of benzene rings is 2. The number of para-hydroxylation sites is 1. The van der Waals surface area contributed by atoms with Gasteiger partial charge in [-0.25, -0.2) is 4.98 Å². The molecule has 2 aromatic carbocycles. The number of hydrogen-bond donors (Lipinski definition) is 0. The summed E-state index contributed by atoms with van der Waals surface area (Å²) in [6, 6.07) is 10.3. The van der Waals surface area contributed by atoms with Crippen molar-refractivity contribution in [3.8, 4) is 5.75 Å². The Morgan fingerprint density at radius 1 is 1.17 bits per heavy atom. The molecule has 1 fully saturated rings. The Labute approximate surface area is 218 Å². The smallest absolute Gasteiger partial charge is 0.233 e. The van der Waals surface area contributed by atoms with E-state index in [4.69, 9.17) is 14.5 Å². The van der Waals surface area contributed by atoms with E-state index in [1.54, 1.807) is 11.3 Å². The number of thiazole rings is 1. The van der Waals surface area contributed by atoms with Crippen molar-refractivity contribution >= 4 is 45.0 Å². The first-order chi connectivity index (χ1) is 16.5. The molecule has 0 N–H and O–H groups in total. The quantitative estimate of drug-likeness (QED) is 0.383. The number of aromatic nitrogens is 1. The van der Waals surface area contributed by atoms with Gasteiger partial charge in [0.25, 0.3) is 0 Å². The summed E-state index contributed by atoms with van der Waals surface area (Å²) < 4.78 is 12.3. The molecule has 4 rings (SSSR count). The lowest BCUT2D eigenvalue weighted by Crippen LogP contribution is -2.39. The average Bonchev–Trinajstić information content (AvgIpc) is 3.25. The van der Waals surface area contributed by atoms with Gasteiger partial charge in [0.2, 0.25) is 5.91 Å². The van der Waals surface area contributed by atoms with Gasteiger partial charge in [0.05, 0.1) is 30.9 Å². The van der Waals surface area contributed by atoms with Crippen molar-refractivity contribution in [2.24, 2.45) is 0 Å². The van der Waals surface area contributed by atoms with Crippen molar-refractivity contribution < 1.29 is 14.3 Å². The number of carbonyl (C=O) groups excluding carboxylic acids is 1. The zero-order chi connectivity index (χ0) is 24.1. The van der Waals surface area contributed by atoms with E-state index in [2.05, 4.69) is 37.8 Å². The summed E-state index contributed by atoms with van der Waals surface area (Å²) in [6.45, 7) is 13.9. The molecule has 0 saturated carbocycles. The van der Waals surface area contributed by atoms with E-state index < -0.39 is 0 Å². The van der Waals surface area contributed by atoms with Gasteiger partial charge in [-0.05, 0) is 62.9 Å². The van der Waals surface area contributed by atoms with E-state index in [1.165, 1.54) is 16.7 Å². The van der Waals surface area contributed by atoms with Crippen LogP contribution in [0.3, 0.4) is 0 Å². The molecule has 35 heavy (non-hydrogen) atoms. The molecule has 0 radical (unpaired) electrons. The van der Waals surface area contributed by atoms with Crippen molar-refractivity contribution in [1.82, 2.24) is 9.88 Å². The molecular formula is C27H36ClN3O3S. The summed E-state index contributed by atoms with van der Waals surface area (Å²) in [4.78, 5) is 22.9. The van der Waals surface area contributed by atoms with Gasteiger partial charge in [0, 0.05) is 26.2 Å². The van der Waals surface area contributed by atoms with Crippen LogP contribution < -0.4 is 9.64 Å². The van der Waals surface area contributed by atoms with Crippen LogP contribution in [0.2, 0.25) is 0 Å². The number of nitrogens with zero attached hydrogens (tertiary/aromatic N) is 3. The van der Waals surface area contributed by atoms with Crippen LogP contribution in [0.1, 0.15) is 35.6 Å². The van der Waals surface area contributed by atoms with E-state index in [1.807, 2.05) is 30.0 Å². The summed E-state index contributed by atoms with van der Waals surface area (Å²) in [5, 5.41) is 0.747. The molecule has 6 nitrogen and oxygen atoms in total. The molecule has 0 aliphatic carbocycles. The van der Waals surface area contributed by atoms with Gasteiger partial charge in [-0.3, -0.25) is 14.6 Å². The van der Waals surface area contributed by atoms with Crippen LogP contribution in [0.25, 0.3) is 10.2 Å². The van der Waals surface area contributed by atoms with Gasteiger partial charge >= 0.3 is 0 Å². The molecular weight excluding hydrogens is 482 g/mol. The fraction of sp³-hybridized carbons (Fsp3) is 0.481. The molecule has 0 bridgehead atoms. The van der Waals surface area contributed by atoms with Gasteiger partial charge < -0.3 is 9.47 Å². The second-order valence-corrected chi connectivity index (χ2v) is 9.95. The Bertz CT molecular complexity index is 1120.